The van der Waals surface area contributed by atoms with Crippen LogP contribution in [0.5, 0.6) is 0 Å². The van der Waals surface area contributed by atoms with E-state index in [0.29, 0.717) is 5.75 Å². The predicted octanol–water partition coefficient (Wildman–Crippen LogP) is 3.73. The molecule has 1 aliphatic rings. The Morgan fingerprint density at radius 2 is 2.11 bits per heavy atom. The number of anilines is 2. The molecule has 2 aromatic carbocycles. The molecule has 0 spiro atoms. The van der Waals surface area contributed by atoms with E-state index in [-0.39, 0.29) is 5.91 Å². The van der Waals surface area contributed by atoms with Crippen molar-refractivity contribution in [1.82, 2.24) is 9.97 Å². The van der Waals surface area contributed by atoms with Crippen LogP contribution in [0, 0.1) is 0 Å². The number of benzene rings is 2. The van der Waals surface area contributed by atoms with Gasteiger partial charge in [-0.25, -0.2) is 4.98 Å². The molecule has 0 fully saturated rings. The second-order valence-corrected chi connectivity index (χ2v) is 7.66. The van der Waals surface area contributed by atoms with Gasteiger partial charge in [0.1, 0.15) is 0 Å². The first kappa shape index (κ1) is 17.7. The Hall–Kier alpha value is -2.73. The smallest absolute Gasteiger partial charge is 0.237 e. The van der Waals surface area contributed by atoms with Crippen molar-refractivity contribution in [2.45, 2.75) is 17.9 Å². The number of imidazole rings is 1. The van der Waals surface area contributed by atoms with E-state index in [0.717, 1.165) is 35.8 Å². The molecule has 3 aromatic rings. The molecule has 0 aliphatic carbocycles. The van der Waals surface area contributed by atoms with Gasteiger partial charge in [-0.2, -0.15) is 0 Å². The van der Waals surface area contributed by atoms with Gasteiger partial charge in [0.15, 0.2) is 0 Å². The average Bonchev–Trinajstić information content (AvgIpc) is 3.36. The van der Waals surface area contributed by atoms with E-state index in [4.69, 9.17) is 0 Å². The molecule has 0 unspecified atom stereocenters. The Balaban J connectivity index is 1.45. The summed E-state index contributed by atoms with van der Waals surface area (Å²) in [4.78, 5) is 25.1. The zero-order chi connectivity index (χ0) is 18.6. The summed E-state index contributed by atoms with van der Waals surface area (Å²) < 4.78 is 0. The van der Waals surface area contributed by atoms with Crippen LogP contribution >= 0.6 is 11.8 Å². The Morgan fingerprint density at radius 1 is 1.26 bits per heavy atom. The molecule has 138 valence electrons. The second kappa shape index (κ2) is 7.88. The average molecular weight is 379 g/mol. The molecule has 0 saturated carbocycles. The minimum absolute atomic E-state index is 0.0990. The predicted molar refractivity (Wildman–Crippen MR) is 110 cm³/mol. The largest absolute Gasteiger partial charge is 0.365 e. The Morgan fingerprint density at radius 3 is 2.89 bits per heavy atom. The number of amides is 1. The number of aromatic nitrogens is 2. The fourth-order valence-electron chi connectivity index (χ4n) is 3.29. The van der Waals surface area contributed by atoms with E-state index in [1.165, 1.54) is 11.3 Å². The van der Waals surface area contributed by atoms with E-state index < -0.39 is 0 Å². The maximum Gasteiger partial charge on any atom is 0.237 e. The molecular formula is C21H22N4OS. The van der Waals surface area contributed by atoms with Crippen LogP contribution in [-0.4, -0.2) is 35.2 Å². The lowest BCUT2D eigenvalue weighted by Crippen LogP contribution is -2.28. The highest BCUT2D eigenvalue weighted by atomic mass is 32.2. The van der Waals surface area contributed by atoms with Crippen LogP contribution in [0.2, 0.25) is 0 Å². The SMILES string of the molecule is CN(C(=O)CSc1ccccc1)c1ccc2c(c1)N(Cc1cnc[nH]1)CC2. The first-order chi connectivity index (χ1) is 13.2. The molecule has 1 aliphatic heterocycles. The molecule has 1 aromatic heterocycles. The Kier molecular flexibility index (Phi) is 5.16. The number of rotatable bonds is 6. The number of hydrogen-bond donors (Lipinski definition) is 1. The molecule has 5 nitrogen and oxygen atoms in total. The maximum absolute atomic E-state index is 12.6. The van der Waals surface area contributed by atoms with Gasteiger partial charge in [0.2, 0.25) is 5.91 Å². The molecule has 4 rings (SSSR count). The summed E-state index contributed by atoms with van der Waals surface area (Å²) >= 11 is 1.57. The highest BCUT2D eigenvalue weighted by molar-refractivity contribution is 8.00. The summed E-state index contributed by atoms with van der Waals surface area (Å²) in [6, 6.07) is 16.3. The van der Waals surface area contributed by atoms with Crippen LogP contribution in [0.1, 0.15) is 11.3 Å². The molecule has 0 radical (unpaired) electrons. The van der Waals surface area contributed by atoms with Crippen LogP contribution in [0.25, 0.3) is 0 Å². The van der Waals surface area contributed by atoms with Crippen LogP contribution in [-0.2, 0) is 17.8 Å². The monoisotopic (exact) mass is 378 g/mol. The summed E-state index contributed by atoms with van der Waals surface area (Å²) in [5.41, 5.74) is 4.57. The van der Waals surface area contributed by atoms with Crippen LogP contribution < -0.4 is 9.80 Å². The number of aromatic amines is 1. The van der Waals surface area contributed by atoms with Gasteiger partial charge >= 0.3 is 0 Å². The molecule has 0 atom stereocenters. The van der Waals surface area contributed by atoms with Gasteiger partial charge in [-0.3, -0.25) is 4.79 Å². The highest BCUT2D eigenvalue weighted by Crippen LogP contribution is 2.33. The van der Waals surface area contributed by atoms with Crippen LogP contribution in [0.4, 0.5) is 11.4 Å². The van der Waals surface area contributed by atoms with Crippen molar-refractivity contribution in [2.75, 3.05) is 29.1 Å². The zero-order valence-electron chi connectivity index (χ0n) is 15.3. The molecule has 1 amide bonds. The van der Waals surface area contributed by atoms with Crippen LogP contribution in [0.3, 0.4) is 0 Å². The lowest BCUT2D eigenvalue weighted by atomic mass is 10.1. The summed E-state index contributed by atoms with van der Waals surface area (Å²) in [6.45, 7) is 1.79. The zero-order valence-corrected chi connectivity index (χ0v) is 16.1. The molecule has 1 N–H and O–H groups in total. The first-order valence-corrected chi connectivity index (χ1v) is 9.99. The Labute approximate surface area is 163 Å². The summed E-state index contributed by atoms with van der Waals surface area (Å²) in [5.74, 6) is 0.525. The third-order valence-electron chi connectivity index (χ3n) is 4.84. The molecule has 2 heterocycles. The van der Waals surface area contributed by atoms with Gasteiger partial charge in [0.25, 0.3) is 0 Å². The third-order valence-corrected chi connectivity index (χ3v) is 5.84. The number of carbonyl (C=O) groups excluding carboxylic acids is 1. The first-order valence-electron chi connectivity index (χ1n) is 9.00. The summed E-state index contributed by atoms with van der Waals surface area (Å²) in [6.07, 6.45) is 4.60. The number of fused-ring (bicyclic) bond motifs is 1. The number of hydrogen-bond acceptors (Lipinski definition) is 4. The number of nitrogens with zero attached hydrogens (tertiary/aromatic N) is 3. The van der Waals surface area contributed by atoms with Crippen molar-refractivity contribution < 1.29 is 4.79 Å². The van der Waals surface area contributed by atoms with Gasteiger partial charge in [-0.15, -0.1) is 11.8 Å². The lowest BCUT2D eigenvalue weighted by molar-refractivity contribution is -0.115. The van der Waals surface area contributed by atoms with Gasteiger partial charge in [0, 0.05) is 36.1 Å². The van der Waals surface area contributed by atoms with Crippen molar-refractivity contribution in [2.24, 2.45) is 0 Å². The number of thioether (sulfide) groups is 1. The molecular weight excluding hydrogens is 356 g/mol. The number of nitrogens with one attached hydrogen (secondary N) is 1. The third kappa shape index (κ3) is 4.01. The molecule has 27 heavy (non-hydrogen) atoms. The molecule has 6 heteroatoms. The summed E-state index contributed by atoms with van der Waals surface area (Å²) in [7, 11) is 1.85. The number of carbonyl (C=O) groups is 1. The highest BCUT2D eigenvalue weighted by Gasteiger charge is 2.21. The topological polar surface area (TPSA) is 52.2 Å². The Bertz CT molecular complexity index is 911. The van der Waals surface area contributed by atoms with Crippen molar-refractivity contribution >= 4 is 29.0 Å². The fraction of sp³-hybridized carbons (Fsp3) is 0.238. The van der Waals surface area contributed by atoms with E-state index in [1.54, 1.807) is 23.0 Å². The number of H-pyrrole nitrogens is 1. The van der Waals surface area contributed by atoms with Crippen molar-refractivity contribution in [3.05, 3.63) is 72.3 Å². The quantitative estimate of drug-likeness (QED) is 0.664. The molecule has 0 bridgehead atoms. The fourth-order valence-corrected chi connectivity index (χ4v) is 4.12. The lowest BCUT2D eigenvalue weighted by Gasteiger charge is -2.22. The minimum atomic E-state index is 0.0990. The van der Waals surface area contributed by atoms with Crippen molar-refractivity contribution in [1.29, 1.82) is 0 Å². The van der Waals surface area contributed by atoms with Crippen molar-refractivity contribution in [3.8, 4) is 0 Å². The normalized spacial score (nSPS) is 12.9. The van der Waals surface area contributed by atoms with Crippen molar-refractivity contribution in [3.63, 3.8) is 0 Å². The van der Waals surface area contributed by atoms with Gasteiger partial charge in [-0.1, -0.05) is 24.3 Å². The standard InChI is InChI=1S/C21H22N4OS/c1-24(21(26)14-27-19-5-3-2-4-6-19)18-8-7-16-9-10-25(20(16)11-18)13-17-12-22-15-23-17/h2-8,11-12,15H,9-10,13-14H2,1H3,(H,22,23). The van der Waals surface area contributed by atoms with E-state index in [1.807, 2.05) is 49.6 Å². The van der Waals surface area contributed by atoms with E-state index >= 15 is 0 Å². The minimum Gasteiger partial charge on any atom is -0.365 e. The second-order valence-electron chi connectivity index (χ2n) is 6.62. The van der Waals surface area contributed by atoms with Crippen LogP contribution in [0.15, 0.2) is 66.0 Å². The van der Waals surface area contributed by atoms with Gasteiger partial charge in [0.05, 0.1) is 24.3 Å². The van der Waals surface area contributed by atoms with Gasteiger partial charge in [-0.05, 0) is 36.2 Å². The van der Waals surface area contributed by atoms with Gasteiger partial charge < -0.3 is 14.8 Å². The molecule has 0 saturated heterocycles. The van der Waals surface area contributed by atoms with E-state index in [2.05, 4.69) is 27.0 Å². The van der Waals surface area contributed by atoms with E-state index in [9.17, 15) is 4.79 Å². The summed E-state index contributed by atoms with van der Waals surface area (Å²) in [5, 5.41) is 0. The maximum atomic E-state index is 12.6.